The minimum absolute atomic E-state index is 0.0211. The Hall–Kier alpha value is -0.980. The molecule has 38 heavy (non-hydrogen) atoms. The van der Waals surface area contributed by atoms with Gasteiger partial charge in [-0.3, -0.25) is 9.59 Å². The molecule has 0 amide bonds. The minimum atomic E-state index is -0.719. The number of carbonyl (C=O) groups excluding carboxylic acids is 2. The molecule has 0 unspecified atom stereocenters. The van der Waals surface area contributed by atoms with Crippen molar-refractivity contribution < 1.29 is 28.9 Å². The lowest BCUT2D eigenvalue weighted by Gasteiger charge is -2.67. The summed E-state index contributed by atoms with van der Waals surface area (Å²) in [6.45, 7) is 15.0. The van der Waals surface area contributed by atoms with Crippen molar-refractivity contribution in [1.29, 1.82) is 0 Å². The standard InChI is InChI=1S/C32H48O6/c1-17(33)36-24-15-22-27(2,3)23(34)10-11-29(22,6)21-9-12-31-16-32(31,30(21,24)7)13-8-19(31)18-14-20(37-26(18)35)25-28(4,5)38-25/h18-22,24-26,35H,8-16H2,1-7H3/t18-,19-,20+,21+,22-,24+,25-,26-,29+,30-,31+,32+/m0/s1. The molecule has 2 heterocycles. The van der Waals surface area contributed by atoms with Crippen LogP contribution in [0.4, 0.5) is 0 Å². The molecule has 6 heteroatoms. The molecule has 5 aliphatic carbocycles. The summed E-state index contributed by atoms with van der Waals surface area (Å²) in [5, 5.41) is 11.2. The highest BCUT2D eigenvalue weighted by Gasteiger charge is 2.86. The molecule has 0 aromatic rings. The van der Waals surface area contributed by atoms with Gasteiger partial charge in [-0.2, -0.15) is 0 Å². The first-order valence-electron chi connectivity index (χ1n) is 15.4. The van der Waals surface area contributed by atoms with Crippen molar-refractivity contribution in [2.24, 2.45) is 50.7 Å². The maximum Gasteiger partial charge on any atom is 0.302 e. The van der Waals surface area contributed by atoms with Gasteiger partial charge < -0.3 is 19.3 Å². The topological polar surface area (TPSA) is 85.4 Å². The van der Waals surface area contributed by atoms with E-state index in [-0.39, 0.29) is 68.8 Å². The third kappa shape index (κ3) is 2.91. The Morgan fingerprint density at radius 1 is 1.00 bits per heavy atom. The number of aliphatic hydroxyl groups excluding tert-OH is 1. The maximum absolute atomic E-state index is 13.1. The molecule has 2 saturated heterocycles. The third-order valence-corrected chi connectivity index (χ3v) is 14.3. The van der Waals surface area contributed by atoms with Crippen molar-refractivity contribution in [1.82, 2.24) is 0 Å². The van der Waals surface area contributed by atoms with Gasteiger partial charge in [0.2, 0.25) is 0 Å². The van der Waals surface area contributed by atoms with E-state index in [4.69, 9.17) is 14.2 Å². The fraction of sp³-hybridized carbons (Fsp3) is 0.938. The Labute approximate surface area is 227 Å². The van der Waals surface area contributed by atoms with Gasteiger partial charge in [0.25, 0.3) is 0 Å². The zero-order valence-corrected chi connectivity index (χ0v) is 24.5. The van der Waals surface area contributed by atoms with Crippen LogP contribution >= 0.6 is 0 Å². The number of carbonyl (C=O) groups is 2. The van der Waals surface area contributed by atoms with Gasteiger partial charge in [0.1, 0.15) is 18.0 Å². The van der Waals surface area contributed by atoms with Crippen molar-refractivity contribution >= 4 is 11.8 Å². The van der Waals surface area contributed by atoms with Crippen molar-refractivity contribution in [2.45, 2.75) is 136 Å². The molecule has 7 fully saturated rings. The van der Waals surface area contributed by atoms with Crippen LogP contribution in [0.25, 0.3) is 0 Å². The lowest BCUT2D eigenvalue weighted by Crippen LogP contribution is -2.66. The number of rotatable bonds is 3. The maximum atomic E-state index is 13.1. The first-order valence-corrected chi connectivity index (χ1v) is 15.4. The third-order valence-electron chi connectivity index (χ3n) is 14.3. The fourth-order valence-corrected chi connectivity index (χ4v) is 12.5. The number of hydrogen-bond acceptors (Lipinski definition) is 6. The molecule has 6 nitrogen and oxygen atoms in total. The van der Waals surface area contributed by atoms with Crippen molar-refractivity contribution in [2.75, 3.05) is 0 Å². The molecule has 0 radical (unpaired) electrons. The lowest BCUT2D eigenvalue weighted by atomic mass is 9.37. The van der Waals surface area contributed by atoms with Gasteiger partial charge in [0.05, 0.1) is 11.7 Å². The van der Waals surface area contributed by atoms with Gasteiger partial charge in [-0.15, -0.1) is 0 Å². The Kier molecular flexibility index (Phi) is 5.09. The highest BCUT2D eigenvalue weighted by molar-refractivity contribution is 5.85. The van der Waals surface area contributed by atoms with E-state index < -0.39 is 6.29 Å². The lowest BCUT2D eigenvalue weighted by molar-refractivity contribution is -0.233. The van der Waals surface area contributed by atoms with Gasteiger partial charge in [0, 0.05) is 30.1 Å². The number of fused-ring (bicyclic) bond motifs is 3. The summed E-state index contributed by atoms with van der Waals surface area (Å²) in [5.41, 5.74) is -0.245. The summed E-state index contributed by atoms with van der Waals surface area (Å²) in [5.74, 6) is 1.42. The van der Waals surface area contributed by atoms with Gasteiger partial charge in [-0.25, -0.2) is 0 Å². The van der Waals surface area contributed by atoms with Crippen LogP contribution in [0, 0.1) is 50.7 Å². The summed E-state index contributed by atoms with van der Waals surface area (Å²) in [6.07, 6.45) is 8.20. The van der Waals surface area contributed by atoms with E-state index in [0.717, 1.165) is 38.5 Å². The summed E-state index contributed by atoms with van der Waals surface area (Å²) in [7, 11) is 0. The van der Waals surface area contributed by atoms with Crippen molar-refractivity contribution in [3.8, 4) is 0 Å². The van der Waals surface area contributed by atoms with Crippen molar-refractivity contribution in [3.05, 3.63) is 0 Å². The molecule has 12 atom stereocenters. The average Bonchev–Trinajstić information content (AvgIpc) is 3.57. The molecule has 1 N–H and O–H groups in total. The van der Waals surface area contributed by atoms with Crippen LogP contribution < -0.4 is 0 Å². The minimum Gasteiger partial charge on any atom is -0.462 e. The number of hydrogen-bond donors (Lipinski definition) is 1. The summed E-state index contributed by atoms with van der Waals surface area (Å²) in [6, 6.07) is 0. The van der Waals surface area contributed by atoms with E-state index >= 15 is 0 Å². The van der Waals surface area contributed by atoms with E-state index in [9.17, 15) is 14.7 Å². The first-order chi connectivity index (χ1) is 17.6. The number of esters is 1. The smallest absolute Gasteiger partial charge is 0.302 e. The van der Waals surface area contributed by atoms with Gasteiger partial charge in [-0.05, 0) is 99.2 Å². The van der Waals surface area contributed by atoms with Crippen LogP contribution in [-0.4, -0.2) is 47.1 Å². The summed E-state index contributed by atoms with van der Waals surface area (Å²) in [4.78, 5) is 25.6. The van der Waals surface area contributed by atoms with E-state index in [2.05, 4.69) is 41.5 Å². The number of ketones is 1. The summed E-state index contributed by atoms with van der Waals surface area (Å²) < 4.78 is 18.3. The zero-order chi connectivity index (χ0) is 27.3. The van der Waals surface area contributed by atoms with Crippen LogP contribution in [0.15, 0.2) is 0 Å². The van der Waals surface area contributed by atoms with E-state index in [1.54, 1.807) is 6.92 Å². The number of ether oxygens (including phenoxy) is 3. The Balaban J connectivity index is 1.24. The number of Topliss-reactive ketones (excluding diaryl/α,β-unsaturated/α-hetero) is 1. The molecule has 212 valence electrons. The molecular weight excluding hydrogens is 480 g/mol. The molecule has 7 rings (SSSR count). The Morgan fingerprint density at radius 2 is 1.71 bits per heavy atom. The van der Waals surface area contributed by atoms with Crippen LogP contribution in [-0.2, 0) is 23.8 Å². The van der Waals surface area contributed by atoms with Crippen molar-refractivity contribution in [3.63, 3.8) is 0 Å². The predicted octanol–water partition coefficient (Wildman–Crippen LogP) is 5.44. The monoisotopic (exact) mass is 528 g/mol. The van der Waals surface area contributed by atoms with Crippen LogP contribution in [0.1, 0.15) is 106 Å². The molecule has 7 aliphatic rings. The Morgan fingerprint density at radius 3 is 2.37 bits per heavy atom. The normalized spacial score (nSPS) is 57.3. The fourth-order valence-electron chi connectivity index (χ4n) is 12.5. The quantitative estimate of drug-likeness (QED) is 0.388. The van der Waals surface area contributed by atoms with Crippen LogP contribution in [0.2, 0.25) is 0 Å². The molecule has 0 bridgehead atoms. The average molecular weight is 529 g/mol. The van der Waals surface area contributed by atoms with E-state index in [1.165, 1.54) is 12.8 Å². The van der Waals surface area contributed by atoms with Gasteiger partial charge in [-0.1, -0.05) is 27.7 Å². The largest absolute Gasteiger partial charge is 0.462 e. The molecule has 5 saturated carbocycles. The highest BCUT2D eigenvalue weighted by Crippen LogP contribution is 2.91. The first kappa shape index (κ1) is 26.0. The SMILES string of the molecule is CC(=O)O[C@@H]1C[C@H]2C(C)(C)C(=O)CC[C@]2(C)[C@H]2CC[C@]34C[C@]3(CC[C@H]4[C@@H]3C[C@H]([C@@H]4OC4(C)C)O[C@@H]3O)[C@@]21C. The second-order valence-corrected chi connectivity index (χ2v) is 16.1. The molecule has 0 aromatic carbocycles. The molecule has 0 spiro atoms. The van der Waals surface area contributed by atoms with Gasteiger partial charge in [0.15, 0.2) is 6.29 Å². The predicted molar refractivity (Wildman–Crippen MR) is 141 cm³/mol. The van der Waals surface area contributed by atoms with Gasteiger partial charge >= 0.3 is 5.97 Å². The molecule has 2 aliphatic heterocycles. The molecular formula is C32H48O6. The molecule has 0 aromatic heterocycles. The highest BCUT2D eigenvalue weighted by atomic mass is 16.7. The summed E-state index contributed by atoms with van der Waals surface area (Å²) >= 11 is 0. The second-order valence-electron chi connectivity index (χ2n) is 16.1. The number of epoxide rings is 1. The van der Waals surface area contributed by atoms with Crippen LogP contribution in [0.5, 0.6) is 0 Å². The van der Waals surface area contributed by atoms with Crippen LogP contribution in [0.3, 0.4) is 0 Å². The zero-order valence-electron chi connectivity index (χ0n) is 24.5. The van der Waals surface area contributed by atoms with E-state index in [1.807, 2.05) is 0 Å². The van der Waals surface area contributed by atoms with E-state index in [0.29, 0.717) is 24.0 Å². The second kappa shape index (κ2) is 7.45. The number of aliphatic hydroxyl groups is 1. The Bertz CT molecular complexity index is 1080.